The number of rotatable bonds is 7. The Labute approximate surface area is 323 Å². The molecule has 56 heavy (non-hydrogen) atoms. The van der Waals surface area contributed by atoms with Gasteiger partial charge in [-0.1, -0.05) is 12.1 Å². The van der Waals surface area contributed by atoms with E-state index < -0.39 is 23.5 Å². The van der Waals surface area contributed by atoms with Crippen molar-refractivity contribution in [2.75, 3.05) is 54.4 Å². The summed E-state index contributed by atoms with van der Waals surface area (Å²) in [5.41, 5.74) is 6.69. The zero-order valence-electron chi connectivity index (χ0n) is 31.6. The van der Waals surface area contributed by atoms with Crippen LogP contribution in [-0.2, 0) is 22.7 Å². The van der Waals surface area contributed by atoms with Gasteiger partial charge in [0.1, 0.15) is 17.9 Å². The number of carbonyl (C=O) groups excluding carboxylic acids is 3. The maximum Gasteiger partial charge on any atom is 0.255 e. The summed E-state index contributed by atoms with van der Waals surface area (Å²) in [6.07, 6.45) is 1.24. The van der Waals surface area contributed by atoms with E-state index in [0.29, 0.717) is 49.7 Å². The van der Waals surface area contributed by atoms with Crippen LogP contribution >= 0.6 is 0 Å². The normalized spacial score (nSPS) is 23.4. The van der Waals surface area contributed by atoms with E-state index >= 15 is 0 Å². The van der Waals surface area contributed by atoms with E-state index in [9.17, 15) is 23.9 Å². The van der Waals surface area contributed by atoms with Crippen LogP contribution < -0.4 is 25.2 Å². The van der Waals surface area contributed by atoms with Crippen LogP contribution in [0.15, 0.2) is 48.5 Å². The zero-order valence-corrected chi connectivity index (χ0v) is 31.6. The number of hydrogen-bond acceptors (Lipinski definition) is 12. The Bertz CT molecular complexity index is 2280. The highest BCUT2D eigenvalue weighted by Crippen LogP contribution is 2.44. The van der Waals surface area contributed by atoms with Crippen LogP contribution in [0.25, 0.3) is 11.3 Å². The highest BCUT2D eigenvalue weighted by Gasteiger charge is 2.47. The second-order valence-corrected chi connectivity index (χ2v) is 15.8. The van der Waals surface area contributed by atoms with Crippen molar-refractivity contribution >= 4 is 34.9 Å². The van der Waals surface area contributed by atoms with E-state index in [1.165, 1.54) is 6.07 Å². The van der Waals surface area contributed by atoms with E-state index in [0.717, 1.165) is 72.2 Å². The molecule has 3 N–H and O–H groups in total. The van der Waals surface area contributed by atoms with Crippen molar-refractivity contribution in [3.05, 3.63) is 82.4 Å². The number of benzene rings is 2. The number of nitrogens with zero attached hydrogens (tertiary/aromatic N) is 7. The molecule has 15 heteroatoms. The predicted octanol–water partition coefficient (Wildman–Crippen LogP) is 3.93. The number of fused-ring (bicyclic) bond motifs is 4. The standard InChI is InChI=1S/C41H44FN9O5/c1-23-15-35(56-27-18-41(3)22-43-38-34(51(41)20-27)17-31(46-47-38)28-5-4-6-30(42)37(28)53)24(2)44-32(23)21-48-11-13-49(14-12-48)26-8-7-25-19-50(40(55)29(25)16-26)33-9-10-36(52)45-39(33)54/h4-8,15-17,27,33,53H,9-14,18-22H2,1-3H3,(H,43,47)(H,45,52,54)/t27-,33+,41+/m1/s1. The summed E-state index contributed by atoms with van der Waals surface area (Å²) in [4.78, 5) is 51.1. The highest BCUT2D eigenvalue weighted by atomic mass is 19.1. The fourth-order valence-corrected chi connectivity index (χ4v) is 8.87. The van der Waals surface area contributed by atoms with Gasteiger partial charge < -0.3 is 29.9 Å². The van der Waals surface area contributed by atoms with E-state index in [1.807, 2.05) is 25.1 Å². The van der Waals surface area contributed by atoms with E-state index in [4.69, 9.17) is 9.72 Å². The lowest BCUT2D eigenvalue weighted by molar-refractivity contribution is -0.136. The summed E-state index contributed by atoms with van der Waals surface area (Å²) in [5, 5.41) is 24.8. The van der Waals surface area contributed by atoms with Crippen molar-refractivity contribution in [2.45, 2.75) is 70.8 Å². The number of aromatic nitrogens is 3. The number of ether oxygens (including phenoxy) is 1. The molecule has 0 radical (unpaired) electrons. The smallest absolute Gasteiger partial charge is 0.255 e. The number of hydrogen-bond donors (Lipinski definition) is 3. The Morgan fingerprint density at radius 1 is 1.02 bits per heavy atom. The van der Waals surface area contributed by atoms with Gasteiger partial charge in [-0.2, -0.15) is 0 Å². The number of aromatic hydroxyl groups is 1. The number of amides is 3. The fourth-order valence-electron chi connectivity index (χ4n) is 8.87. The predicted molar refractivity (Wildman–Crippen MR) is 206 cm³/mol. The average Bonchev–Trinajstić information content (AvgIpc) is 3.70. The fraction of sp³-hybridized carbons (Fsp3) is 0.415. The Morgan fingerprint density at radius 3 is 2.64 bits per heavy atom. The van der Waals surface area contributed by atoms with Crippen LogP contribution in [-0.4, -0.2) is 105 Å². The van der Waals surface area contributed by atoms with Crippen LogP contribution in [0.4, 0.5) is 21.6 Å². The summed E-state index contributed by atoms with van der Waals surface area (Å²) in [7, 11) is 0. The maximum atomic E-state index is 14.2. The Kier molecular flexibility index (Phi) is 8.79. The van der Waals surface area contributed by atoms with Crippen LogP contribution in [0.5, 0.6) is 11.5 Å². The lowest BCUT2D eigenvalue weighted by Crippen LogP contribution is -2.52. The van der Waals surface area contributed by atoms with Gasteiger partial charge in [0, 0.05) is 75.5 Å². The molecule has 3 amide bonds. The number of halogens is 1. The summed E-state index contributed by atoms with van der Waals surface area (Å²) >= 11 is 0. The minimum atomic E-state index is -0.707. The van der Waals surface area contributed by atoms with Gasteiger partial charge in [0.15, 0.2) is 17.4 Å². The zero-order chi connectivity index (χ0) is 38.9. The second-order valence-electron chi connectivity index (χ2n) is 15.8. The van der Waals surface area contributed by atoms with E-state index in [2.05, 4.69) is 61.5 Å². The van der Waals surface area contributed by atoms with Gasteiger partial charge in [-0.15, -0.1) is 10.2 Å². The molecule has 0 bridgehead atoms. The molecule has 7 heterocycles. The number of carbonyl (C=O) groups is 3. The minimum Gasteiger partial charge on any atom is -0.504 e. The average molecular weight is 762 g/mol. The number of imide groups is 1. The number of piperidine rings is 1. The van der Waals surface area contributed by atoms with Crippen LogP contribution in [0, 0.1) is 19.7 Å². The lowest BCUT2D eigenvalue weighted by atomic mass is 9.95. The summed E-state index contributed by atoms with van der Waals surface area (Å²) < 4.78 is 20.8. The number of phenols is 1. The number of para-hydroxylation sites is 1. The van der Waals surface area contributed by atoms with Crippen LogP contribution in [0.3, 0.4) is 0 Å². The number of piperazine rings is 1. The second kappa shape index (κ2) is 13.7. The third kappa shape index (κ3) is 6.33. The third-order valence-electron chi connectivity index (χ3n) is 12.0. The first-order chi connectivity index (χ1) is 26.9. The van der Waals surface area contributed by atoms with Gasteiger partial charge in [-0.25, -0.2) is 4.39 Å². The van der Waals surface area contributed by atoms with Crippen molar-refractivity contribution in [1.29, 1.82) is 0 Å². The van der Waals surface area contributed by atoms with Crippen molar-refractivity contribution in [3.8, 4) is 22.8 Å². The first kappa shape index (κ1) is 35.8. The van der Waals surface area contributed by atoms with E-state index in [-0.39, 0.29) is 35.4 Å². The largest absolute Gasteiger partial charge is 0.504 e. The monoisotopic (exact) mass is 761 g/mol. The molecule has 5 aliphatic rings. The summed E-state index contributed by atoms with van der Waals surface area (Å²) in [5.74, 6) is -0.602. The van der Waals surface area contributed by atoms with Gasteiger partial charge in [-0.3, -0.25) is 29.6 Å². The van der Waals surface area contributed by atoms with Gasteiger partial charge >= 0.3 is 0 Å². The SMILES string of the molecule is Cc1cc(O[C@H]2CN3c4cc(-c5cccc(F)c5O)nnc4NC[C@]3(C)C2)c(C)nc1CN1CCN(c2ccc3c(c2)C(=O)N([C@H]2CCC(=O)NC2=O)C3)CC1. The lowest BCUT2D eigenvalue weighted by Gasteiger charge is -2.41. The van der Waals surface area contributed by atoms with Crippen molar-refractivity contribution in [2.24, 2.45) is 0 Å². The molecule has 3 fully saturated rings. The van der Waals surface area contributed by atoms with Crippen molar-refractivity contribution < 1.29 is 28.6 Å². The molecule has 3 saturated heterocycles. The molecular weight excluding hydrogens is 718 g/mol. The number of phenolic OH excluding ortho intramolecular Hbond substituents is 1. The molecule has 0 unspecified atom stereocenters. The van der Waals surface area contributed by atoms with Crippen molar-refractivity contribution in [3.63, 3.8) is 0 Å². The number of anilines is 3. The number of pyridine rings is 1. The maximum absolute atomic E-state index is 14.2. The minimum absolute atomic E-state index is 0.110. The van der Waals surface area contributed by atoms with E-state index in [1.54, 1.807) is 17.0 Å². The first-order valence-corrected chi connectivity index (χ1v) is 19.2. The third-order valence-corrected chi connectivity index (χ3v) is 12.0. The van der Waals surface area contributed by atoms with Crippen LogP contribution in [0.2, 0.25) is 0 Å². The Hall–Kier alpha value is -5.83. The molecule has 5 aliphatic heterocycles. The first-order valence-electron chi connectivity index (χ1n) is 19.2. The molecule has 14 nitrogen and oxygen atoms in total. The number of nitrogens with one attached hydrogen (secondary N) is 2. The van der Waals surface area contributed by atoms with Gasteiger partial charge in [0.25, 0.3) is 5.91 Å². The molecule has 0 saturated carbocycles. The molecular formula is C41H44FN9O5. The molecule has 2 aromatic heterocycles. The molecule has 2 aromatic carbocycles. The van der Waals surface area contributed by atoms with Gasteiger partial charge in [0.2, 0.25) is 11.8 Å². The highest BCUT2D eigenvalue weighted by molar-refractivity contribution is 6.05. The van der Waals surface area contributed by atoms with Crippen LogP contribution in [0.1, 0.15) is 59.1 Å². The summed E-state index contributed by atoms with van der Waals surface area (Å²) in [6.45, 7) is 11.9. The molecule has 9 rings (SSSR count). The number of aryl methyl sites for hydroxylation is 2. The van der Waals surface area contributed by atoms with Gasteiger partial charge in [-0.05, 0) is 74.7 Å². The van der Waals surface area contributed by atoms with Crippen molar-refractivity contribution in [1.82, 2.24) is 30.3 Å². The quantitative estimate of drug-likeness (QED) is 0.234. The summed E-state index contributed by atoms with van der Waals surface area (Å²) in [6, 6.07) is 13.7. The topological polar surface area (TPSA) is 156 Å². The molecule has 0 spiro atoms. The molecule has 290 valence electrons. The Morgan fingerprint density at radius 2 is 1.84 bits per heavy atom. The molecule has 4 aromatic rings. The molecule has 3 atom stereocenters. The molecule has 0 aliphatic carbocycles. The Balaban J connectivity index is 0.825. The van der Waals surface area contributed by atoms with Gasteiger partial charge in [0.05, 0.1) is 34.9 Å².